The van der Waals surface area contributed by atoms with Gasteiger partial charge in [0.15, 0.2) is 6.61 Å². The number of aromatic nitrogens is 1. The lowest BCUT2D eigenvalue weighted by Crippen LogP contribution is -2.20. The summed E-state index contributed by atoms with van der Waals surface area (Å²) < 4.78 is 10.9. The molecule has 0 saturated heterocycles. The number of rotatable bonds is 8. The van der Waals surface area contributed by atoms with Gasteiger partial charge in [-0.05, 0) is 42.5 Å². The highest BCUT2D eigenvalue weighted by Gasteiger charge is 2.08. The van der Waals surface area contributed by atoms with E-state index in [4.69, 9.17) is 15.2 Å². The van der Waals surface area contributed by atoms with Crippen LogP contribution in [0.4, 0.5) is 5.69 Å². The van der Waals surface area contributed by atoms with Crippen LogP contribution in [-0.4, -0.2) is 23.4 Å². The summed E-state index contributed by atoms with van der Waals surface area (Å²) >= 11 is 0. The second kappa shape index (κ2) is 9.18. The number of carbonyl (C=O) groups is 2. The van der Waals surface area contributed by atoms with Crippen molar-refractivity contribution in [1.29, 1.82) is 0 Å². The van der Waals surface area contributed by atoms with Crippen molar-refractivity contribution in [2.75, 3.05) is 11.9 Å². The zero-order chi connectivity index (χ0) is 19.8. The molecule has 0 unspecified atom stereocenters. The van der Waals surface area contributed by atoms with Crippen molar-refractivity contribution in [1.82, 2.24) is 4.98 Å². The monoisotopic (exact) mass is 377 g/mol. The normalized spacial score (nSPS) is 10.1. The van der Waals surface area contributed by atoms with Crippen molar-refractivity contribution in [2.45, 2.75) is 6.61 Å². The van der Waals surface area contributed by atoms with Gasteiger partial charge in [-0.1, -0.05) is 12.1 Å². The molecule has 0 bridgehead atoms. The average Bonchev–Trinajstić information content (AvgIpc) is 2.72. The number of pyridine rings is 1. The fourth-order valence-corrected chi connectivity index (χ4v) is 2.37. The summed E-state index contributed by atoms with van der Waals surface area (Å²) in [6, 6.07) is 17.3. The molecule has 0 fully saturated rings. The summed E-state index contributed by atoms with van der Waals surface area (Å²) in [5.41, 5.74) is 7.04. The van der Waals surface area contributed by atoms with E-state index in [1.165, 1.54) is 0 Å². The Kier molecular flexibility index (Phi) is 6.20. The maximum Gasteiger partial charge on any atom is 0.255 e. The first-order chi connectivity index (χ1) is 13.6. The molecule has 0 aliphatic carbocycles. The molecule has 7 heteroatoms. The zero-order valence-electron chi connectivity index (χ0n) is 15.0. The number of carbonyl (C=O) groups excluding carboxylic acids is 2. The van der Waals surface area contributed by atoms with Crippen LogP contribution in [0.1, 0.15) is 15.9 Å². The Balaban J connectivity index is 1.57. The molecule has 3 aromatic rings. The Morgan fingerprint density at radius 1 is 0.964 bits per heavy atom. The number of anilines is 1. The van der Waals surface area contributed by atoms with E-state index in [-0.39, 0.29) is 12.5 Å². The van der Waals surface area contributed by atoms with Crippen molar-refractivity contribution in [3.05, 3.63) is 84.2 Å². The minimum Gasteiger partial charge on any atom is -0.489 e. The van der Waals surface area contributed by atoms with Crippen LogP contribution in [0.3, 0.4) is 0 Å². The molecule has 0 saturated carbocycles. The molecular weight excluding hydrogens is 358 g/mol. The quantitative estimate of drug-likeness (QED) is 0.628. The fourth-order valence-electron chi connectivity index (χ4n) is 2.37. The molecule has 2 aromatic carbocycles. The van der Waals surface area contributed by atoms with Crippen LogP contribution < -0.4 is 20.5 Å². The second-order valence-electron chi connectivity index (χ2n) is 5.91. The van der Waals surface area contributed by atoms with Crippen molar-refractivity contribution in [2.24, 2.45) is 5.73 Å². The first-order valence-electron chi connectivity index (χ1n) is 8.54. The lowest BCUT2D eigenvalue weighted by molar-refractivity contribution is -0.119. The van der Waals surface area contributed by atoms with E-state index in [1.54, 1.807) is 60.9 Å². The zero-order valence-corrected chi connectivity index (χ0v) is 15.0. The second-order valence-corrected chi connectivity index (χ2v) is 5.91. The van der Waals surface area contributed by atoms with E-state index in [9.17, 15) is 9.59 Å². The van der Waals surface area contributed by atoms with Crippen LogP contribution in [0.5, 0.6) is 11.5 Å². The van der Waals surface area contributed by atoms with Gasteiger partial charge >= 0.3 is 0 Å². The number of nitrogens with one attached hydrogen (secondary N) is 1. The molecule has 0 atom stereocenters. The summed E-state index contributed by atoms with van der Waals surface area (Å²) in [6.45, 7) is 0.176. The molecule has 0 spiro atoms. The Labute approximate surface area is 162 Å². The van der Waals surface area contributed by atoms with E-state index in [2.05, 4.69) is 10.3 Å². The average molecular weight is 377 g/mol. The predicted octanol–water partition coefficient (Wildman–Crippen LogP) is 2.78. The number of ether oxygens (including phenoxy) is 2. The largest absolute Gasteiger partial charge is 0.489 e. The van der Waals surface area contributed by atoms with Gasteiger partial charge in [-0.3, -0.25) is 14.6 Å². The Morgan fingerprint density at radius 2 is 1.79 bits per heavy atom. The van der Waals surface area contributed by atoms with Gasteiger partial charge in [-0.15, -0.1) is 0 Å². The third-order valence-corrected chi connectivity index (χ3v) is 3.72. The highest BCUT2D eigenvalue weighted by molar-refractivity contribution is 6.04. The standard InChI is InChI=1S/C21H19N3O4/c22-20(25)14-28-19-5-1-4-17(11-19)24-21(26)16-6-8-18(9-7-16)27-13-15-3-2-10-23-12-15/h1-12H,13-14H2,(H2,22,25)(H,24,26). The molecule has 7 nitrogen and oxygen atoms in total. The van der Waals surface area contributed by atoms with Gasteiger partial charge in [0.2, 0.25) is 0 Å². The maximum atomic E-state index is 12.4. The summed E-state index contributed by atoms with van der Waals surface area (Å²) in [5, 5.41) is 2.78. The fraction of sp³-hybridized carbons (Fsp3) is 0.0952. The van der Waals surface area contributed by atoms with E-state index in [1.807, 2.05) is 12.1 Å². The van der Waals surface area contributed by atoms with Crippen molar-refractivity contribution in [3.63, 3.8) is 0 Å². The predicted molar refractivity (Wildman–Crippen MR) is 104 cm³/mol. The highest BCUT2D eigenvalue weighted by Crippen LogP contribution is 2.19. The van der Waals surface area contributed by atoms with Crippen LogP contribution in [0.2, 0.25) is 0 Å². The third kappa shape index (κ3) is 5.57. The minimum absolute atomic E-state index is 0.224. The molecule has 2 amide bonds. The molecule has 0 radical (unpaired) electrons. The van der Waals surface area contributed by atoms with Crippen molar-refractivity contribution >= 4 is 17.5 Å². The van der Waals surface area contributed by atoms with Gasteiger partial charge in [-0.2, -0.15) is 0 Å². The van der Waals surface area contributed by atoms with Crippen LogP contribution in [0.15, 0.2) is 73.1 Å². The maximum absolute atomic E-state index is 12.4. The number of nitrogens with two attached hydrogens (primary N) is 1. The molecular formula is C21H19N3O4. The molecule has 3 N–H and O–H groups in total. The first kappa shape index (κ1) is 18.9. The lowest BCUT2D eigenvalue weighted by Gasteiger charge is -2.09. The molecule has 3 rings (SSSR count). The summed E-state index contributed by atoms with van der Waals surface area (Å²) in [6.07, 6.45) is 3.44. The highest BCUT2D eigenvalue weighted by atomic mass is 16.5. The molecule has 0 aliphatic rings. The van der Waals surface area contributed by atoms with Crippen molar-refractivity contribution < 1.29 is 19.1 Å². The first-order valence-corrected chi connectivity index (χ1v) is 8.54. The van der Waals surface area contributed by atoms with Crippen LogP contribution in [-0.2, 0) is 11.4 Å². The molecule has 1 aromatic heterocycles. The summed E-state index contributed by atoms with van der Waals surface area (Å²) in [7, 11) is 0. The number of amides is 2. The van der Waals surface area contributed by atoms with Gasteiger partial charge in [0.05, 0.1) is 0 Å². The summed E-state index contributed by atoms with van der Waals surface area (Å²) in [5.74, 6) is 0.254. The van der Waals surface area contributed by atoms with E-state index in [0.717, 1.165) is 5.56 Å². The third-order valence-electron chi connectivity index (χ3n) is 3.72. The Hall–Kier alpha value is -3.87. The smallest absolute Gasteiger partial charge is 0.255 e. The number of nitrogens with zero attached hydrogens (tertiary/aromatic N) is 1. The number of benzene rings is 2. The molecule has 28 heavy (non-hydrogen) atoms. The molecule has 0 aliphatic heterocycles. The van der Waals surface area contributed by atoms with E-state index in [0.29, 0.717) is 29.4 Å². The van der Waals surface area contributed by atoms with Gasteiger partial charge in [0.1, 0.15) is 18.1 Å². The summed E-state index contributed by atoms with van der Waals surface area (Å²) in [4.78, 5) is 27.2. The van der Waals surface area contributed by atoms with Gasteiger partial charge in [0, 0.05) is 35.3 Å². The molecule has 1 heterocycles. The van der Waals surface area contributed by atoms with Crippen molar-refractivity contribution in [3.8, 4) is 11.5 Å². The van der Waals surface area contributed by atoms with Crippen LogP contribution >= 0.6 is 0 Å². The number of primary amides is 1. The lowest BCUT2D eigenvalue weighted by atomic mass is 10.2. The van der Waals surface area contributed by atoms with Gasteiger partial charge in [0.25, 0.3) is 11.8 Å². The minimum atomic E-state index is -0.569. The van der Waals surface area contributed by atoms with E-state index >= 15 is 0 Å². The van der Waals surface area contributed by atoms with E-state index < -0.39 is 5.91 Å². The number of hydrogen-bond acceptors (Lipinski definition) is 5. The van der Waals surface area contributed by atoms with Gasteiger partial charge < -0.3 is 20.5 Å². The number of hydrogen-bond donors (Lipinski definition) is 2. The Bertz CT molecular complexity index is 943. The Morgan fingerprint density at radius 3 is 2.50 bits per heavy atom. The van der Waals surface area contributed by atoms with Gasteiger partial charge in [-0.25, -0.2) is 0 Å². The van der Waals surface area contributed by atoms with Crippen LogP contribution in [0.25, 0.3) is 0 Å². The SMILES string of the molecule is NC(=O)COc1cccc(NC(=O)c2ccc(OCc3cccnc3)cc2)c1. The molecule has 142 valence electrons. The van der Waals surface area contributed by atoms with Crippen LogP contribution in [0, 0.1) is 0 Å². The topological polar surface area (TPSA) is 104 Å².